The van der Waals surface area contributed by atoms with Gasteiger partial charge in [-0.3, -0.25) is 4.79 Å². The number of hydrogen-bond acceptors (Lipinski definition) is 3. The van der Waals surface area contributed by atoms with Gasteiger partial charge in [-0.15, -0.1) is 11.8 Å². The maximum atomic E-state index is 12.8. The van der Waals surface area contributed by atoms with E-state index in [2.05, 4.69) is 34.5 Å². The van der Waals surface area contributed by atoms with Crippen LogP contribution in [0.25, 0.3) is 0 Å². The first-order chi connectivity index (χ1) is 12.2. The monoisotopic (exact) mass is 358 g/mol. The van der Waals surface area contributed by atoms with Gasteiger partial charge in [0.25, 0.3) is 0 Å². The van der Waals surface area contributed by atoms with E-state index < -0.39 is 0 Å². The first kappa shape index (κ1) is 17.8. The molecule has 0 saturated carbocycles. The molecule has 2 aromatic rings. The molecule has 5 heteroatoms. The zero-order chi connectivity index (χ0) is 17.5. The Kier molecular flexibility index (Phi) is 6.34. The molecule has 132 valence electrons. The van der Waals surface area contributed by atoms with E-state index in [4.69, 9.17) is 0 Å². The summed E-state index contributed by atoms with van der Waals surface area (Å²) in [5, 5.41) is 2.98. The molecule has 3 nitrogen and oxygen atoms in total. The maximum Gasteiger partial charge on any atom is 0.230 e. The Morgan fingerprint density at radius 2 is 1.96 bits per heavy atom. The van der Waals surface area contributed by atoms with Crippen LogP contribution in [0, 0.1) is 5.82 Å². The number of anilines is 1. The molecule has 0 fully saturated rings. The molecule has 0 unspecified atom stereocenters. The quantitative estimate of drug-likeness (QED) is 0.732. The number of amides is 1. The lowest BCUT2D eigenvalue weighted by Gasteiger charge is -2.19. The van der Waals surface area contributed by atoms with E-state index in [0.717, 1.165) is 37.2 Å². The maximum absolute atomic E-state index is 12.8. The molecule has 3 rings (SSSR count). The van der Waals surface area contributed by atoms with Crippen molar-refractivity contribution >= 4 is 23.4 Å². The zero-order valence-corrected chi connectivity index (χ0v) is 15.0. The first-order valence-electron chi connectivity index (χ1n) is 8.64. The topological polar surface area (TPSA) is 32.3 Å². The highest BCUT2D eigenvalue weighted by Gasteiger charge is 2.17. The summed E-state index contributed by atoms with van der Waals surface area (Å²) in [7, 11) is 0. The van der Waals surface area contributed by atoms with Crippen LogP contribution in [0.4, 0.5) is 10.1 Å². The predicted molar refractivity (Wildman–Crippen MR) is 103 cm³/mol. The van der Waals surface area contributed by atoms with E-state index in [0.29, 0.717) is 12.3 Å². The lowest BCUT2D eigenvalue weighted by Crippen LogP contribution is -2.30. The van der Waals surface area contributed by atoms with E-state index in [-0.39, 0.29) is 11.7 Å². The Hall–Kier alpha value is -2.01. The SMILES string of the molecule is O=C(CSCc1ccc(F)cc1)NCCCN1CCc2ccccc21. The van der Waals surface area contributed by atoms with E-state index in [9.17, 15) is 9.18 Å². The predicted octanol–water partition coefficient (Wildman–Crippen LogP) is 3.63. The van der Waals surface area contributed by atoms with Crippen molar-refractivity contribution in [2.75, 3.05) is 30.3 Å². The number of halogens is 1. The molecular formula is C20H23FN2OS. The molecule has 0 radical (unpaired) electrons. The fraction of sp³-hybridized carbons (Fsp3) is 0.350. The van der Waals surface area contributed by atoms with Gasteiger partial charge in [0.1, 0.15) is 5.82 Å². The van der Waals surface area contributed by atoms with Crippen LogP contribution in [0.1, 0.15) is 17.5 Å². The van der Waals surface area contributed by atoms with Crippen molar-refractivity contribution in [3.63, 3.8) is 0 Å². The number of rotatable bonds is 8. The van der Waals surface area contributed by atoms with Gasteiger partial charge in [-0.05, 0) is 42.2 Å². The fourth-order valence-corrected chi connectivity index (χ4v) is 3.85. The molecule has 0 saturated heterocycles. The van der Waals surface area contributed by atoms with Gasteiger partial charge in [0.15, 0.2) is 0 Å². The fourth-order valence-electron chi connectivity index (χ4n) is 3.03. The second-order valence-corrected chi connectivity index (χ2v) is 7.17. The molecule has 1 aliphatic heterocycles. The smallest absolute Gasteiger partial charge is 0.230 e. The Morgan fingerprint density at radius 1 is 1.16 bits per heavy atom. The molecule has 1 N–H and O–H groups in total. The zero-order valence-electron chi connectivity index (χ0n) is 14.2. The van der Waals surface area contributed by atoms with Crippen LogP contribution >= 0.6 is 11.8 Å². The summed E-state index contributed by atoms with van der Waals surface area (Å²) in [6.07, 6.45) is 2.06. The standard InChI is InChI=1S/C20H23FN2OS/c21-18-8-6-16(7-9-18)14-25-15-20(24)22-11-3-12-23-13-10-17-4-1-2-5-19(17)23/h1-2,4-9H,3,10-15H2,(H,22,24). The van der Waals surface area contributed by atoms with Gasteiger partial charge in [0.05, 0.1) is 5.75 Å². The molecule has 0 aliphatic carbocycles. The third-order valence-electron chi connectivity index (χ3n) is 4.33. The van der Waals surface area contributed by atoms with Crippen LogP contribution < -0.4 is 10.2 Å². The van der Waals surface area contributed by atoms with Crippen LogP contribution in [0.2, 0.25) is 0 Å². The van der Waals surface area contributed by atoms with E-state index >= 15 is 0 Å². The Labute approximate surface area is 152 Å². The van der Waals surface area contributed by atoms with Gasteiger partial charge in [-0.1, -0.05) is 30.3 Å². The van der Waals surface area contributed by atoms with Crippen molar-refractivity contribution in [3.05, 3.63) is 65.5 Å². The van der Waals surface area contributed by atoms with Crippen molar-refractivity contribution < 1.29 is 9.18 Å². The van der Waals surface area contributed by atoms with Gasteiger partial charge in [0, 0.05) is 31.1 Å². The third-order valence-corrected chi connectivity index (χ3v) is 5.33. The molecule has 25 heavy (non-hydrogen) atoms. The number of hydrogen-bond donors (Lipinski definition) is 1. The van der Waals surface area contributed by atoms with Crippen LogP contribution in [0.3, 0.4) is 0 Å². The molecule has 1 amide bonds. The van der Waals surface area contributed by atoms with Gasteiger partial charge in [-0.25, -0.2) is 4.39 Å². The first-order valence-corrected chi connectivity index (χ1v) is 9.79. The summed E-state index contributed by atoms with van der Waals surface area (Å²) >= 11 is 1.55. The molecule has 0 aromatic heterocycles. The minimum atomic E-state index is -0.230. The van der Waals surface area contributed by atoms with Crippen molar-refractivity contribution in [2.45, 2.75) is 18.6 Å². The van der Waals surface area contributed by atoms with Crippen LogP contribution in [0.5, 0.6) is 0 Å². The van der Waals surface area contributed by atoms with Crippen LogP contribution in [0.15, 0.2) is 48.5 Å². The summed E-state index contributed by atoms with van der Waals surface area (Å²) in [4.78, 5) is 14.3. The van der Waals surface area contributed by atoms with Crippen LogP contribution in [-0.4, -0.2) is 31.3 Å². The summed E-state index contributed by atoms with van der Waals surface area (Å²) < 4.78 is 12.8. The van der Waals surface area contributed by atoms with E-state index in [1.165, 1.54) is 23.4 Å². The molecule has 0 atom stereocenters. The van der Waals surface area contributed by atoms with Crippen LogP contribution in [-0.2, 0) is 17.0 Å². The normalized spacial score (nSPS) is 12.9. The summed E-state index contributed by atoms with van der Waals surface area (Å²) in [5.41, 5.74) is 3.79. The summed E-state index contributed by atoms with van der Waals surface area (Å²) in [6.45, 7) is 2.75. The van der Waals surface area contributed by atoms with E-state index in [1.807, 2.05) is 0 Å². The summed E-state index contributed by atoms with van der Waals surface area (Å²) in [5.74, 6) is 0.989. The number of benzene rings is 2. The Balaban J connectivity index is 1.29. The van der Waals surface area contributed by atoms with Gasteiger partial charge < -0.3 is 10.2 Å². The lowest BCUT2D eigenvalue weighted by atomic mass is 10.2. The van der Waals surface area contributed by atoms with Crippen molar-refractivity contribution in [3.8, 4) is 0 Å². The largest absolute Gasteiger partial charge is 0.371 e. The highest BCUT2D eigenvalue weighted by Crippen LogP contribution is 2.27. The highest BCUT2D eigenvalue weighted by molar-refractivity contribution is 7.99. The highest BCUT2D eigenvalue weighted by atomic mass is 32.2. The lowest BCUT2D eigenvalue weighted by molar-refractivity contribution is -0.118. The molecule has 0 bridgehead atoms. The van der Waals surface area contributed by atoms with Gasteiger partial charge in [0.2, 0.25) is 5.91 Å². The van der Waals surface area contributed by atoms with Crippen molar-refractivity contribution in [2.24, 2.45) is 0 Å². The Bertz CT molecular complexity index is 705. The minimum Gasteiger partial charge on any atom is -0.371 e. The molecule has 0 spiro atoms. The molecular weight excluding hydrogens is 335 g/mol. The molecule has 1 aliphatic rings. The Morgan fingerprint density at radius 3 is 2.80 bits per heavy atom. The van der Waals surface area contributed by atoms with Gasteiger partial charge in [-0.2, -0.15) is 0 Å². The van der Waals surface area contributed by atoms with Gasteiger partial charge >= 0.3 is 0 Å². The number of nitrogens with zero attached hydrogens (tertiary/aromatic N) is 1. The number of nitrogens with one attached hydrogen (secondary N) is 1. The molecule has 2 aromatic carbocycles. The average Bonchev–Trinajstić information content (AvgIpc) is 3.04. The average molecular weight is 358 g/mol. The second kappa shape index (κ2) is 8.90. The second-order valence-electron chi connectivity index (χ2n) is 6.19. The van der Waals surface area contributed by atoms with Crippen molar-refractivity contribution in [1.82, 2.24) is 5.32 Å². The number of thioether (sulfide) groups is 1. The number of carbonyl (C=O) groups is 1. The molecule has 1 heterocycles. The number of carbonyl (C=O) groups excluding carboxylic acids is 1. The number of para-hydroxylation sites is 1. The number of fused-ring (bicyclic) bond motifs is 1. The summed E-state index contributed by atoms with van der Waals surface area (Å²) in [6, 6.07) is 15.0. The minimum absolute atomic E-state index is 0.0638. The third kappa shape index (κ3) is 5.23. The van der Waals surface area contributed by atoms with Crippen molar-refractivity contribution in [1.29, 1.82) is 0 Å². The van der Waals surface area contributed by atoms with E-state index in [1.54, 1.807) is 23.9 Å².